The summed E-state index contributed by atoms with van der Waals surface area (Å²) in [5.74, 6) is -0.236. The van der Waals surface area contributed by atoms with E-state index in [2.05, 4.69) is 31.3 Å². The predicted octanol–water partition coefficient (Wildman–Crippen LogP) is 11.6. The molecular formula is C63H119NO13. The molecule has 0 aromatic heterocycles. The maximum Gasteiger partial charge on any atom is 0.220 e. The number of amides is 1. The zero-order valence-electron chi connectivity index (χ0n) is 49.0. The lowest BCUT2D eigenvalue weighted by Gasteiger charge is -2.46. The van der Waals surface area contributed by atoms with Crippen molar-refractivity contribution in [1.29, 1.82) is 0 Å². The zero-order chi connectivity index (χ0) is 56.0. The van der Waals surface area contributed by atoms with Crippen molar-refractivity contribution < 1.29 is 64.6 Å². The first-order valence-corrected chi connectivity index (χ1v) is 32.1. The molecule has 2 aliphatic heterocycles. The van der Waals surface area contributed by atoms with Crippen LogP contribution in [0, 0.1) is 0 Å². The van der Waals surface area contributed by atoms with Gasteiger partial charge >= 0.3 is 0 Å². The molecule has 9 N–H and O–H groups in total. The van der Waals surface area contributed by atoms with E-state index in [9.17, 15) is 45.6 Å². The molecule has 2 heterocycles. The Morgan fingerprint density at radius 1 is 0.455 bits per heavy atom. The molecule has 0 bridgehead atoms. The summed E-state index contributed by atoms with van der Waals surface area (Å²) >= 11 is 0. The minimum absolute atomic E-state index is 0.236. The van der Waals surface area contributed by atoms with Crippen molar-refractivity contribution in [3.8, 4) is 0 Å². The average molecular weight is 1100 g/mol. The maximum absolute atomic E-state index is 13.3. The van der Waals surface area contributed by atoms with Gasteiger partial charge in [-0.1, -0.05) is 250 Å². The molecule has 2 fully saturated rings. The highest BCUT2D eigenvalue weighted by molar-refractivity contribution is 5.76. The number of allylic oxidation sites excluding steroid dienone is 3. The Kier molecular flexibility index (Phi) is 45.7. The van der Waals surface area contributed by atoms with Crippen LogP contribution in [-0.4, -0.2) is 140 Å². The number of aliphatic hydroxyl groups excluding tert-OH is 8. The molecule has 0 aromatic rings. The average Bonchev–Trinajstić information content (AvgIpc) is 3.44. The van der Waals surface area contributed by atoms with Crippen LogP contribution >= 0.6 is 0 Å². The van der Waals surface area contributed by atoms with Gasteiger partial charge in [0.05, 0.1) is 32.0 Å². The van der Waals surface area contributed by atoms with Crippen molar-refractivity contribution in [2.45, 2.75) is 351 Å². The lowest BCUT2D eigenvalue weighted by Crippen LogP contribution is -2.65. The van der Waals surface area contributed by atoms with Gasteiger partial charge in [0, 0.05) is 6.42 Å². The Bertz CT molecular complexity index is 1390. The molecule has 14 heteroatoms. The van der Waals surface area contributed by atoms with Crippen molar-refractivity contribution in [2.75, 3.05) is 19.8 Å². The van der Waals surface area contributed by atoms with Crippen LogP contribution in [0.1, 0.15) is 277 Å². The fourth-order valence-electron chi connectivity index (χ4n) is 10.7. The van der Waals surface area contributed by atoms with Crippen LogP contribution < -0.4 is 5.32 Å². The van der Waals surface area contributed by atoms with Crippen LogP contribution in [0.5, 0.6) is 0 Å². The number of hydrogen-bond donors (Lipinski definition) is 9. The molecule has 0 aromatic carbocycles. The van der Waals surface area contributed by atoms with E-state index in [-0.39, 0.29) is 18.9 Å². The number of nitrogens with one attached hydrogen (secondary N) is 1. The van der Waals surface area contributed by atoms with Crippen LogP contribution in [0.3, 0.4) is 0 Å². The third-order valence-corrected chi connectivity index (χ3v) is 15.9. The number of ether oxygens (including phenoxy) is 4. The molecule has 0 aliphatic carbocycles. The molecule has 2 rings (SSSR count). The van der Waals surface area contributed by atoms with Gasteiger partial charge in [0.2, 0.25) is 5.91 Å². The summed E-state index contributed by atoms with van der Waals surface area (Å²) in [5, 5.41) is 87.2. The molecule has 0 saturated carbocycles. The van der Waals surface area contributed by atoms with Crippen LogP contribution in [0.2, 0.25) is 0 Å². The number of aliphatic hydroxyl groups is 8. The Hall–Kier alpha value is -1.53. The van der Waals surface area contributed by atoms with Crippen molar-refractivity contribution in [2.24, 2.45) is 0 Å². The lowest BCUT2D eigenvalue weighted by molar-refractivity contribution is -0.359. The summed E-state index contributed by atoms with van der Waals surface area (Å²) in [6.45, 7) is 2.83. The molecule has 12 atom stereocenters. The number of hydrogen-bond acceptors (Lipinski definition) is 13. The quantitative estimate of drug-likeness (QED) is 0.0204. The van der Waals surface area contributed by atoms with Gasteiger partial charge in [-0.15, -0.1) is 0 Å². The van der Waals surface area contributed by atoms with E-state index in [0.717, 1.165) is 38.5 Å². The summed E-state index contributed by atoms with van der Waals surface area (Å²) in [4.78, 5) is 13.3. The van der Waals surface area contributed by atoms with Gasteiger partial charge in [0.15, 0.2) is 12.6 Å². The summed E-state index contributed by atoms with van der Waals surface area (Å²) in [6, 6.07) is -0.913. The summed E-state index contributed by atoms with van der Waals surface area (Å²) in [6.07, 6.45) is 42.1. The predicted molar refractivity (Wildman–Crippen MR) is 309 cm³/mol. The van der Waals surface area contributed by atoms with Crippen molar-refractivity contribution in [3.05, 3.63) is 24.3 Å². The Labute approximate surface area is 468 Å². The largest absolute Gasteiger partial charge is 0.394 e. The van der Waals surface area contributed by atoms with E-state index < -0.39 is 86.8 Å². The fourth-order valence-corrected chi connectivity index (χ4v) is 10.7. The van der Waals surface area contributed by atoms with Gasteiger partial charge in [0.25, 0.3) is 0 Å². The topological polar surface area (TPSA) is 228 Å². The number of rotatable bonds is 52. The monoisotopic (exact) mass is 1100 g/mol. The van der Waals surface area contributed by atoms with E-state index in [0.29, 0.717) is 6.42 Å². The van der Waals surface area contributed by atoms with E-state index in [1.165, 1.54) is 212 Å². The highest BCUT2D eigenvalue weighted by Crippen LogP contribution is 2.30. The Morgan fingerprint density at radius 2 is 0.818 bits per heavy atom. The van der Waals surface area contributed by atoms with Crippen molar-refractivity contribution in [3.63, 3.8) is 0 Å². The molecule has 14 nitrogen and oxygen atoms in total. The van der Waals surface area contributed by atoms with Gasteiger partial charge < -0.3 is 65.1 Å². The fraction of sp³-hybridized carbons (Fsp3) is 0.921. The Balaban J connectivity index is 1.73. The number of carbonyl (C=O) groups excluding carboxylic acids is 1. The van der Waals surface area contributed by atoms with Crippen molar-refractivity contribution >= 4 is 5.91 Å². The third-order valence-electron chi connectivity index (χ3n) is 15.9. The van der Waals surface area contributed by atoms with Gasteiger partial charge in [0.1, 0.15) is 48.8 Å². The second-order valence-corrected chi connectivity index (χ2v) is 22.9. The first-order valence-electron chi connectivity index (χ1n) is 32.1. The zero-order valence-corrected chi connectivity index (χ0v) is 49.0. The molecule has 77 heavy (non-hydrogen) atoms. The molecule has 454 valence electrons. The van der Waals surface area contributed by atoms with Crippen molar-refractivity contribution in [1.82, 2.24) is 5.32 Å². The first kappa shape index (κ1) is 71.6. The SMILES string of the molecule is CCCCCCCCCC/C=C\CCCCCCCCCCCCCC(=O)NC(COC1OC(CO)C(OC2OC(CO)C(O)C(O)C2O)C(O)C1O)C(O)/C=C/CCCCCCCCCCCCCCCCCCCC. The van der Waals surface area contributed by atoms with Crippen LogP contribution in [0.15, 0.2) is 24.3 Å². The molecule has 2 saturated heterocycles. The van der Waals surface area contributed by atoms with Gasteiger partial charge in [-0.25, -0.2) is 0 Å². The minimum Gasteiger partial charge on any atom is -0.394 e. The molecule has 12 unspecified atom stereocenters. The lowest BCUT2D eigenvalue weighted by atomic mass is 9.97. The smallest absolute Gasteiger partial charge is 0.220 e. The molecule has 2 aliphatic rings. The first-order chi connectivity index (χ1) is 37.6. The minimum atomic E-state index is -1.79. The molecular weight excluding hydrogens is 979 g/mol. The number of unbranched alkanes of at least 4 members (excludes halogenated alkanes) is 37. The summed E-state index contributed by atoms with van der Waals surface area (Å²) < 4.78 is 22.8. The summed E-state index contributed by atoms with van der Waals surface area (Å²) in [5.41, 5.74) is 0. The van der Waals surface area contributed by atoms with Gasteiger partial charge in [-0.3, -0.25) is 4.79 Å². The standard InChI is InChI=1S/C63H119NO13/c1-3-5-7-9-11-13-15-17-19-21-23-25-26-27-29-31-33-35-37-39-41-43-45-47-55(68)64-51(52(67)46-44-42-40-38-36-34-32-30-28-24-22-20-18-16-14-12-10-8-6-4-2)50-74-62-60(73)58(71)61(54(49-66)76-62)77-63-59(72)57(70)56(69)53(48-65)75-63/h21,23,44,46,51-54,56-63,65-67,69-73H,3-20,22,24-43,45,47-50H2,1-2H3,(H,64,68)/b23-21-,46-44+. The van der Waals surface area contributed by atoms with E-state index in [1.54, 1.807) is 6.08 Å². The van der Waals surface area contributed by atoms with Crippen LogP contribution in [0.25, 0.3) is 0 Å². The maximum atomic E-state index is 13.3. The van der Waals surface area contributed by atoms with Gasteiger partial charge in [-0.2, -0.15) is 0 Å². The number of carbonyl (C=O) groups is 1. The molecule has 1 amide bonds. The normalized spacial score (nSPS) is 24.8. The van der Waals surface area contributed by atoms with Crippen LogP contribution in [-0.2, 0) is 23.7 Å². The van der Waals surface area contributed by atoms with E-state index >= 15 is 0 Å². The van der Waals surface area contributed by atoms with Gasteiger partial charge in [-0.05, 0) is 44.9 Å². The van der Waals surface area contributed by atoms with E-state index in [1.807, 2.05) is 6.08 Å². The van der Waals surface area contributed by atoms with E-state index in [4.69, 9.17) is 18.9 Å². The second-order valence-electron chi connectivity index (χ2n) is 22.9. The molecule has 0 spiro atoms. The highest BCUT2D eigenvalue weighted by Gasteiger charge is 2.51. The third kappa shape index (κ3) is 34.5. The highest BCUT2D eigenvalue weighted by atomic mass is 16.7. The Morgan fingerprint density at radius 3 is 1.23 bits per heavy atom. The molecule has 0 radical (unpaired) electrons. The second kappa shape index (κ2) is 49.1. The van der Waals surface area contributed by atoms with Crippen LogP contribution in [0.4, 0.5) is 0 Å². The summed E-state index contributed by atoms with van der Waals surface area (Å²) in [7, 11) is 0.